The first kappa shape index (κ1) is 17.6. The summed E-state index contributed by atoms with van der Waals surface area (Å²) in [7, 11) is 0. The number of amides is 1. The van der Waals surface area contributed by atoms with Crippen LogP contribution in [-0.2, 0) is 6.54 Å². The maximum absolute atomic E-state index is 12.8. The summed E-state index contributed by atoms with van der Waals surface area (Å²) < 4.78 is 0. The molecular formula is C18H20N2O4. The third-order valence-electron chi connectivity index (χ3n) is 3.86. The maximum atomic E-state index is 12.8. The van der Waals surface area contributed by atoms with E-state index in [1.165, 1.54) is 24.3 Å². The molecule has 0 bridgehead atoms. The summed E-state index contributed by atoms with van der Waals surface area (Å²) in [5.74, 6) is -0.213. The Hall–Kier alpha value is -2.73. The van der Waals surface area contributed by atoms with E-state index in [0.717, 1.165) is 5.56 Å². The Labute approximate surface area is 140 Å². The van der Waals surface area contributed by atoms with Crippen LogP contribution >= 0.6 is 0 Å². The molecule has 1 atom stereocenters. The van der Waals surface area contributed by atoms with Gasteiger partial charge in [0.15, 0.2) is 0 Å². The van der Waals surface area contributed by atoms with Gasteiger partial charge in [0.1, 0.15) is 0 Å². The SMILES string of the molecule is CC(CCO)N(Cc1ccccc1)C(=O)c1ccc([N+](=O)[O-])cc1. The molecule has 2 rings (SSSR count). The summed E-state index contributed by atoms with van der Waals surface area (Å²) in [5, 5.41) is 19.9. The van der Waals surface area contributed by atoms with E-state index in [1.807, 2.05) is 37.3 Å². The number of aliphatic hydroxyl groups excluding tert-OH is 1. The van der Waals surface area contributed by atoms with E-state index in [9.17, 15) is 20.0 Å². The number of hydrogen-bond acceptors (Lipinski definition) is 4. The zero-order valence-corrected chi connectivity index (χ0v) is 13.5. The van der Waals surface area contributed by atoms with E-state index >= 15 is 0 Å². The molecule has 1 N–H and O–H groups in total. The molecule has 0 aliphatic rings. The lowest BCUT2D eigenvalue weighted by Gasteiger charge is -2.29. The van der Waals surface area contributed by atoms with Gasteiger partial charge in [0, 0.05) is 36.9 Å². The van der Waals surface area contributed by atoms with Gasteiger partial charge in [0.2, 0.25) is 0 Å². The Morgan fingerprint density at radius 3 is 2.33 bits per heavy atom. The zero-order valence-electron chi connectivity index (χ0n) is 13.5. The molecule has 0 radical (unpaired) electrons. The molecule has 0 aromatic heterocycles. The van der Waals surface area contributed by atoms with Crippen LogP contribution in [0.4, 0.5) is 5.69 Å². The van der Waals surface area contributed by atoms with Gasteiger partial charge in [-0.15, -0.1) is 0 Å². The molecule has 6 heteroatoms. The lowest BCUT2D eigenvalue weighted by Crippen LogP contribution is -2.38. The second kappa shape index (κ2) is 8.21. The van der Waals surface area contributed by atoms with Crippen LogP contribution < -0.4 is 0 Å². The van der Waals surface area contributed by atoms with Crippen molar-refractivity contribution in [2.45, 2.75) is 25.9 Å². The van der Waals surface area contributed by atoms with E-state index in [4.69, 9.17) is 0 Å². The average molecular weight is 328 g/mol. The predicted octanol–water partition coefficient (Wildman–Crippen LogP) is 3.01. The molecule has 0 spiro atoms. The summed E-state index contributed by atoms with van der Waals surface area (Å²) >= 11 is 0. The van der Waals surface area contributed by atoms with Crippen molar-refractivity contribution in [2.24, 2.45) is 0 Å². The van der Waals surface area contributed by atoms with E-state index in [1.54, 1.807) is 4.90 Å². The first-order chi connectivity index (χ1) is 11.5. The van der Waals surface area contributed by atoms with Crippen molar-refractivity contribution >= 4 is 11.6 Å². The van der Waals surface area contributed by atoms with Crippen LogP contribution in [0.1, 0.15) is 29.3 Å². The number of carbonyl (C=O) groups excluding carboxylic acids is 1. The molecule has 126 valence electrons. The standard InChI is InChI=1S/C18H20N2O4/c1-14(11-12-21)19(13-15-5-3-2-4-6-15)18(22)16-7-9-17(10-8-16)20(23)24/h2-10,14,21H,11-13H2,1H3. The molecule has 24 heavy (non-hydrogen) atoms. The van der Waals surface area contributed by atoms with Crippen molar-refractivity contribution in [1.29, 1.82) is 0 Å². The van der Waals surface area contributed by atoms with Crippen molar-refractivity contribution in [3.8, 4) is 0 Å². The molecule has 2 aromatic rings. The maximum Gasteiger partial charge on any atom is 0.269 e. The Bertz CT molecular complexity index is 686. The highest BCUT2D eigenvalue weighted by Crippen LogP contribution is 2.18. The number of carbonyl (C=O) groups is 1. The van der Waals surface area contributed by atoms with E-state index in [-0.39, 0.29) is 24.2 Å². The molecule has 0 saturated carbocycles. The van der Waals surface area contributed by atoms with Gasteiger partial charge in [-0.25, -0.2) is 0 Å². The Morgan fingerprint density at radius 2 is 1.79 bits per heavy atom. The van der Waals surface area contributed by atoms with Gasteiger partial charge in [-0.2, -0.15) is 0 Å². The highest BCUT2D eigenvalue weighted by Gasteiger charge is 2.22. The minimum absolute atomic E-state index is 0.0139. The summed E-state index contributed by atoms with van der Waals surface area (Å²) in [6.45, 7) is 2.28. The second-order valence-corrected chi connectivity index (χ2v) is 5.58. The molecule has 6 nitrogen and oxygen atoms in total. The number of nitro benzene ring substituents is 1. The van der Waals surface area contributed by atoms with Crippen LogP contribution in [0.5, 0.6) is 0 Å². The molecule has 1 amide bonds. The number of benzene rings is 2. The first-order valence-electron chi connectivity index (χ1n) is 7.73. The van der Waals surface area contributed by atoms with Crippen LogP contribution in [0, 0.1) is 10.1 Å². The van der Waals surface area contributed by atoms with E-state index < -0.39 is 4.92 Å². The smallest absolute Gasteiger partial charge is 0.269 e. The van der Waals surface area contributed by atoms with Crippen molar-refractivity contribution in [2.75, 3.05) is 6.61 Å². The highest BCUT2D eigenvalue weighted by molar-refractivity contribution is 5.94. The van der Waals surface area contributed by atoms with Gasteiger partial charge >= 0.3 is 0 Å². The Balaban J connectivity index is 2.24. The molecule has 0 aliphatic heterocycles. The Kier molecular flexibility index (Phi) is 6.03. The van der Waals surface area contributed by atoms with Crippen LogP contribution in [0.25, 0.3) is 0 Å². The summed E-state index contributed by atoms with van der Waals surface area (Å²) in [6.07, 6.45) is 0.464. The molecule has 1 unspecified atom stereocenters. The van der Waals surface area contributed by atoms with Crippen molar-refractivity contribution in [3.63, 3.8) is 0 Å². The van der Waals surface area contributed by atoms with Gasteiger partial charge in [0.25, 0.3) is 11.6 Å². The minimum Gasteiger partial charge on any atom is -0.396 e. The van der Waals surface area contributed by atoms with Gasteiger partial charge < -0.3 is 10.0 Å². The molecular weight excluding hydrogens is 308 g/mol. The average Bonchev–Trinajstić information content (AvgIpc) is 2.60. The molecule has 2 aromatic carbocycles. The quantitative estimate of drug-likeness (QED) is 0.625. The number of rotatable bonds is 7. The van der Waals surface area contributed by atoms with Crippen LogP contribution in [-0.4, -0.2) is 33.5 Å². The molecule has 0 aliphatic carbocycles. The summed E-state index contributed by atoms with van der Waals surface area (Å²) in [4.78, 5) is 24.7. The lowest BCUT2D eigenvalue weighted by molar-refractivity contribution is -0.384. The third kappa shape index (κ3) is 4.39. The van der Waals surface area contributed by atoms with Crippen LogP contribution in [0.3, 0.4) is 0 Å². The second-order valence-electron chi connectivity index (χ2n) is 5.58. The molecule has 0 heterocycles. The lowest BCUT2D eigenvalue weighted by atomic mass is 10.1. The van der Waals surface area contributed by atoms with Crippen molar-refractivity contribution in [3.05, 3.63) is 75.8 Å². The fraction of sp³-hybridized carbons (Fsp3) is 0.278. The summed E-state index contributed by atoms with van der Waals surface area (Å²) in [5.41, 5.74) is 1.32. The third-order valence-corrected chi connectivity index (χ3v) is 3.86. The molecule has 0 saturated heterocycles. The van der Waals surface area contributed by atoms with Crippen molar-refractivity contribution in [1.82, 2.24) is 4.90 Å². The number of nitrogens with zero attached hydrogens (tertiary/aromatic N) is 2. The fourth-order valence-electron chi connectivity index (χ4n) is 2.44. The van der Waals surface area contributed by atoms with Gasteiger partial charge in [0.05, 0.1) is 4.92 Å². The van der Waals surface area contributed by atoms with E-state index in [0.29, 0.717) is 18.5 Å². The topological polar surface area (TPSA) is 83.7 Å². The van der Waals surface area contributed by atoms with Crippen LogP contribution in [0.15, 0.2) is 54.6 Å². The highest BCUT2D eigenvalue weighted by atomic mass is 16.6. The summed E-state index contributed by atoms with van der Waals surface area (Å²) in [6, 6.07) is 15.0. The van der Waals surface area contributed by atoms with Gasteiger partial charge in [-0.3, -0.25) is 14.9 Å². The minimum atomic E-state index is -0.496. The van der Waals surface area contributed by atoms with Crippen LogP contribution in [0.2, 0.25) is 0 Å². The largest absolute Gasteiger partial charge is 0.396 e. The predicted molar refractivity (Wildman–Crippen MR) is 90.6 cm³/mol. The van der Waals surface area contributed by atoms with Gasteiger partial charge in [-0.05, 0) is 31.0 Å². The number of nitro groups is 1. The fourth-order valence-corrected chi connectivity index (χ4v) is 2.44. The van der Waals surface area contributed by atoms with Crippen molar-refractivity contribution < 1.29 is 14.8 Å². The first-order valence-corrected chi connectivity index (χ1v) is 7.73. The number of aliphatic hydroxyl groups is 1. The van der Waals surface area contributed by atoms with Gasteiger partial charge in [-0.1, -0.05) is 30.3 Å². The normalized spacial score (nSPS) is 11.8. The monoisotopic (exact) mass is 328 g/mol. The Morgan fingerprint density at radius 1 is 1.17 bits per heavy atom. The number of hydrogen-bond donors (Lipinski definition) is 1. The van der Waals surface area contributed by atoms with E-state index in [2.05, 4.69) is 0 Å². The number of non-ortho nitro benzene ring substituents is 1. The molecule has 0 fully saturated rings. The zero-order chi connectivity index (χ0) is 17.5.